The van der Waals surface area contributed by atoms with E-state index in [9.17, 15) is 0 Å². The summed E-state index contributed by atoms with van der Waals surface area (Å²) in [5.74, 6) is 0. The molecule has 1 aromatic rings. The maximum Gasteiger partial charge on any atom is 0.193 e. The largest absolute Gasteiger partial charge is 0.411 e. The van der Waals surface area contributed by atoms with Crippen molar-refractivity contribution in [2.75, 3.05) is 0 Å². The van der Waals surface area contributed by atoms with Crippen LogP contribution in [0.15, 0.2) is 24.3 Å². The van der Waals surface area contributed by atoms with Crippen molar-refractivity contribution >= 4 is 8.32 Å². The quantitative estimate of drug-likeness (QED) is 0.557. The lowest BCUT2D eigenvalue weighted by Crippen LogP contribution is -2.47. The zero-order chi connectivity index (χ0) is 15.3. The minimum atomic E-state index is -1.57. The highest BCUT2D eigenvalue weighted by atomic mass is 28.4. The predicted molar refractivity (Wildman–Crippen MR) is 94.4 cm³/mol. The minimum Gasteiger partial charge on any atom is -0.411 e. The molecular weight excluding hydrogens is 272 g/mol. The van der Waals surface area contributed by atoms with E-state index in [1.54, 1.807) is 0 Å². The summed E-state index contributed by atoms with van der Waals surface area (Å²) in [4.78, 5) is 0. The van der Waals surface area contributed by atoms with Crippen LogP contribution in [0.2, 0.25) is 18.1 Å². The minimum absolute atomic E-state index is 0.0510. The van der Waals surface area contributed by atoms with Crippen molar-refractivity contribution in [2.24, 2.45) is 0 Å². The van der Waals surface area contributed by atoms with Crippen LogP contribution in [-0.4, -0.2) is 13.9 Å². The summed E-state index contributed by atoms with van der Waals surface area (Å²) in [6.07, 6.45) is 6.03. The van der Waals surface area contributed by atoms with Crippen LogP contribution in [0.25, 0.3) is 0 Å². The van der Waals surface area contributed by atoms with E-state index >= 15 is 0 Å². The van der Waals surface area contributed by atoms with Gasteiger partial charge in [-0.05, 0) is 36.2 Å². The maximum absolute atomic E-state index is 7.03. The van der Waals surface area contributed by atoms with E-state index < -0.39 is 8.32 Å². The van der Waals surface area contributed by atoms with E-state index in [1.165, 1.54) is 48.5 Å². The number of hydrogen-bond acceptors (Lipinski definition) is 1. The third kappa shape index (κ3) is 3.98. The summed E-state index contributed by atoms with van der Waals surface area (Å²) >= 11 is 0. The zero-order valence-electron chi connectivity index (χ0n) is 14.4. The number of fused-ring (bicyclic) bond motifs is 1. The van der Waals surface area contributed by atoms with Gasteiger partial charge in [-0.2, -0.15) is 0 Å². The van der Waals surface area contributed by atoms with E-state index in [0.717, 1.165) is 12.8 Å². The van der Waals surface area contributed by atoms with Crippen LogP contribution < -0.4 is 0 Å². The lowest BCUT2D eigenvalue weighted by atomic mass is 10.0. The van der Waals surface area contributed by atoms with E-state index in [1.807, 2.05) is 0 Å². The fourth-order valence-electron chi connectivity index (χ4n) is 4.26. The van der Waals surface area contributed by atoms with Crippen LogP contribution in [0.4, 0.5) is 0 Å². The molecule has 0 heterocycles. The molecule has 0 fully saturated rings. The Kier molecular flexibility index (Phi) is 5.67. The molecule has 118 valence electrons. The fraction of sp³-hybridized carbons (Fsp3) is 0.684. The van der Waals surface area contributed by atoms with Gasteiger partial charge in [-0.3, -0.25) is 0 Å². The molecule has 0 unspecified atom stereocenters. The Bertz CT molecular complexity index is 413. The van der Waals surface area contributed by atoms with Gasteiger partial charge in [0.05, 0.1) is 5.60 Å². The second-order valence-corrected chi connectivity index (χ2v) is 11.2. The first-order valence-corrected chi connectivity index (χ1v) is 11.4. The van der Waals surface area contributed by atoms with E-state index in [0.29, 0.717) is 0 Å². The molecule has 0 atom stereocenters. The Balaban J connectivity index is 2.16. The first-order valence-electron chi connectivity index (χ1n) is 8.83. The summed E-state index contributed by atoms with van der Waals surface area (Å²) in [5, 5.41) is 0. The molecule has 0 radical (unpaired) electrons. The van der Waals surface area contributed by atoms with Gasteiger partial charge in [0.25, 0.3) is 0 Å². The van der Waals surface area contributed by atoms with Gasteiger partial charge in [-0.15, -0.1) is 0 Å². The molecule has 0 spiro atoms. The third-order valence-electron chi connectivity index (χ3n) is 4.83. The summed E-state index contributed by atoms with van der Waals surface area (Å²) in [5.41, 5.74) is 3.06. The summed E-state index contributed by atoms with van der Waals surface area (Å²) in [6.45, 7) is 9.32. The molecule has 1 aliphatic rings. The lowest BCUT2D eigenvalue weighted by Gasteiger charge is -2.40. The molecule has 1 aliphatic carbocycles. The summed E-state index contributed by atoms with van der Waals surface area (Å²) in [7, 11) is -1.57. The SMILES string of the molecule is CCC[Si](CCC)(CCC)OC1(C)Cc2ccccc2C1. The number of rotatable bonds is 8. The topological polar surface area (TPSA) is 9.23 Å². The molecule has 21 heavy (non-hydrogen) atoms. The first-order chi connectivity index (χ1) is 10.1. The van der Waals surface area contributed by atoms with Crippen molar-refractivity contribution in [3.05, 3.63) is 35.4 Å². The Hall–Kier alpha value is -0.603. The highest BCUT2D eigenvalue weighted by Gasteiger charge is 2.42. The van der Waals surface area contributed by atoms with E-state index in [-0.39, 0.29) is 5.60 Å². The molecule has 1 aromatic carbocycles. The van der Waals surface area contributed by atoms with Crippen LogP contribution in [-0.2, 0) is 17.3 Å². The highest BCUT2D eigenvalue weighted by molar-refractivity contribution is 6.73. The Morgan fingerprint density at radius 2 is 1.33 bits per heavy atom. The molecule has 1 nitrogen and oxygen atoms in total. The molecule has 0 amide bonds. The summed E-state index contributed by atoms with van der Waals surface area (Å²) in [6, 6.07) is 12.9. The lowest BCUT2D eigenvalue weighted by molar-refractivity contribution is 0.0854. The molecule has 0 N–H and O–H groups in total. The smallest absolute Gasteiger partial charge is 0.193 e. The average molecular weight is 305 g/mol. The van der Waals surface area contributed by atoms with Crippen LogP contribution >= 0.6 is 0 Å². The normalized spacial score (nSPS) is 17.0. The van der Waals surface area contributed by atoms with Gasteiger partial charge in [0.15, 0.2) is 8.32 Å². The second kappa shape index (κ2) is 7.10. The van der Waals surface area contributed by atoms with Gasteiger partial charge in [0, 0.05) is 12.8 Å². The zero-order valence-corrected chi connectivity index (χ0v) is 15.4. The predicted octanol–water partition coefficient (Wildman–Crippen LogP) is 5.74. The van der Waals surface area contributed by atoms with Gasteiger partial charge >= 0.3 is 0 Å². The molecular formula is C19H32OSi. The molecule has 0 aromatic heterocycles. The number of benzene rings is 1. The van der Waals surface area contributed by atoms with Crippen molar-refractivity contribution in [3.63, 3.8) is 0 Å². The van der Waals surface area contributed by atoms with Crippen molar-refractivity contribution in [1.82, 2.24) is 0 Å². The molecule has 0 aliphatic heterocycles. The van der Waals surface area contributed by atoms with Crippen molar-refractivity contribution in [2.45, 2.75) is 83.5 Å². The Labute approximate surface area is 132 Å². The fourth-order valence-corrected chi connectivity index (χ4v) is 9.24. The van der Waals surface area contributed by atoms with E-state index in [2.05, 4.69) is 52.0 Å². The van der Waals surface area contributed by atoms with Crippen LogP contribution in [0.1, 0.15) is 58.1 Å². The van der Waals surface area contributed by atoms with Gasteiger partial charge in [-0.25, -0.2) is 0 Å². The molecule has 2 rings (SSSR count). The monoisotopic (exact) mass is 304 g/mol. The highest BCUT2D eigenvalue weighted by Crippen LogP contribution is 2.39. The van der Waals surface area contributed by atoms with Crippen molar-refractivity contribution < 1.29 is 4.43 Å². The molecule has 2 heteroatoms. The van der Waals surface area contributed by atoms with Gasteiger partial charge in [0.1, 0.15) is 0 Å². The first kappa shape index (κ1) is 16.8. The van der Waals surface area contributed by atoms with Crippen LogP contribution in [0.3, 0.4) is 0 Å². The van der Waals surface area contributed by atoms with Gasteiger partial charge < -0.3 is 4.43 Å². The van der Waals surface area contributed by atoms with E-state index in [4.69, 9.17) is 4.43 Å². The summed E-state index contributed by atoms with van der Waals surface area (Å²) < 4.78 is 7.03. The standard InChI is InChI=1S/C19H32OSi/c1-5-12-21(13-6-2,14-7-3)20-19(4)15-17-10-8-9-11-18(17)16-19/h8-11H,5-7,12-16H2,1-4H3. The van der Waals surface area contributed by atoms with Gasteiger partial charge in [-0.1, -0.05) is 64.3 Å². The van der Waals surface area contributed by atoms with Crippen LogP contribution in [0, 0.1) is 0 Å². The Morgan fingerprint density at radius 1 is 0.905 bits per heavy atom. The van der Waals surface area contributed by atoms with Crippen molar-refractivity contribution in [3.8, 4) is 0 Å². The Morgan fingerprint density at radius 3 is 1.71 bits per heavy atom. The third-order valence-corrected chi connectivity index (χ3v) is 9.99. The second-order valence-electron chi connectivity index (χ2n) is 7.11. The number of hydrogen-bond donors (Lipinski definition) is 0. The molecule has 0 saturated heterocycles. The average Bonchev–Trinajstić information content (AvgIpc) is 2.74. The van der Waals surface area contributed by atoms with Crippen molar-refractivity contribution in [1.29, 1.82) is 0 Å². The van der Waals surface area contributed by atoms with Crippen LogP contribution in [0.5, 0.6) is 0 Å². The molecule has 0 saturated carbocycles. The van der Waals surface area contributed by atoms with Gasteiger partial charge in [0.2, 0.25) is 0 Å². The molecule has 0 bridgehead atoms. The maximum atomic E-state index is 7.03.